The molecule has 22 heavy (non-hydrogen) atoms. The summed E-state index contributed by atoms with van der Waals surface area (Å²) in [5.41, 5.74) is 2.47. The molecule has 2 heterocycles. The average Bonchev–Trinajstić information content (AvgIpc) is 2.96. The minimum Gasteiger partial charge on any atom is -0.371 e. The summed E-state index contributed by atoms with van der Waals surface area (Å²) in [5, 5.41) is 14.1. The summed E-state index contributed by atoms with van der Waals surface area (Å²) in [7, 11) is 0. The fourth-order valence-electron chi connectivity index (χ4n) is 2.60. The summed E-state index contributed by atoms with van der Waals surface area (Å²) in [6, 6.07) is 8.22. The van der Waals surface area contributed by atoms with Gasteiger partial charge in [0, 0.05) is 13.0 Å². The Hall–Kier alpha value is -2.28. The Morgan fingerprint density at radius 3 is 3.14 bits per heavy atom. The topological polar surface area (TPSA) is 81.9 Å². The maximum atomic E-state index is 12.0. The van der Waals surface area contributed by atoms with Gasteiger partial charge >= 0.3 is 0 Å². The fraction of sp³-hybridized carbons (Fsp3) is 0.467. The number of amides is 1. The molecule has 0 radical (unpaired) electrons. The summed E-state index contributed by atoms with van der Waals surface area (Å²) in [6.07, 6.45) is 1.21. The van der Waals surface area contributed by atoms with E-state index in [9.17, 15) is 4.79 Å². The second kappa shape index (κ2) is 6.65. The highest BCUT2D eigenvalue weighted by molar-refractivity contribution is 5.75. The third-order valence-electron chi connectivity index (χ3n) is 3.84. The molecule has 116 valence electrons. The lowest BCUT2D eigenvalue weighted by molar-refractivity contribution is -0.122. The standard InChI is InChI=1S/C15H19N5O2/c1-11-17-18-19-20(11)8-6-15(21)16-10-14-13-5-3-2-4-12(13)7-9-22-14/h2-5,14H,6-10H2,1H3,(H,16,21). The van der Waals surface area contributed by atoms with E-state index in [2.05, 4.69) is 33.0 Å². The first kappa shape index (κ1) is 14.6. The number of hydrogen-bond acceptors (Lipinski definition) is 5. The Morgan fingerprint density at radius 1 is 1.45 bits per heavy atom. The van der Waals surface area contributed by atoms with Crippen molar-refractivity contribution in [1.82, 2.24) is 25.5 Å². The lowest BCUT2D eigenvalue weighted by atomic mass is 9.97. The van der Waals surface area contributed by atoms with Crippen LogP contribution in [0.15, 0.2) is 24.3 Å². The van der Waals surface area contributed by atoms with Crippen molar-refractivity contribution in [3.63, 3.8) is 0 Å². The number of aryl methyl sites for hydroxylation is 2. The predicted molar refractivity (Wildman–Crippen MR) is 79.0 cm³/mol. The molecule has 0 spiro atoms. The molecule has 1 atom stereocenters. The number of carbonyl (C=O) groups is 1. The van der Waals surface area contributed by atoms with E-state index in [1.165, 1.54) is 11.1 Å². The van der Waals surface area contributed by atoms with E-state index in [-0.39, 0.29) is 12.0 Å². The van der Waals surface area contributed by atoms with Gasteiger partial charge in [-0.1, -0.05) is 24.3 Å². The van der Waals surface area contributed by atoms with E-state index < -0.39 is 0 Å². The van der Waals surface area contributed by atoms with Crippen molar-refractivity contribution in [3.8, 4) is 0 Å². The van der Waals surface area contributed by atoms with E-state index in [1.54, 1.807) is 4.68 Å². The average molecular weight is 301 g/mol. The van der Waals surface area contributed by atoms with Crippen LogP contribution >= 0.6 is 0 Å². The van der Waals surface area contributed by atoms with Crippen molar-refractivity contribution in [2.75, 3.05) is 13.2 Å². The number of carbonyl (C=O) groups excluding carboxylic acids is 1. The smallest absolute Gasteiger partial charge is 0.221 e. The number of aromatic nitrogens is 4. The van der Waals surface area contributed by atoms with Gasteiger partial charge in [0.25, 0.3) is 0 Å². The van der Waals surface area contributed by atoms with Gasteiger partial charge in [0.2, 0.25) is 5.91 Å². The number of ether oxygens (including phenoxy) is 1. The van der Waals surface area contributed by atoms with Gasteiger partial charge in [-0.15, -0.1) is 5.10 Å². The van der Waals surface area contributed by atoms with Gasteiger partial charge in [0.15, 0.2) is 0 Å². The van der Waals surface area contributed by atoms with E-state index in [0.29, 0.717) is 31.9 Å². The normalized spacial score (nSPS) is 17.0. The lowest BCUT2D eigenvalue weighted by Gasteiger charge is -2.26. The second-order valence-corrected chi connectivity index (χ2v) is 5.31. The fourth-order valence-corrected chi connectivity index (χ4v) is 2.60. The summed E-state index contributed by atoms with van der Waals surface area (Å²) in [4.78, 5) is 12.0. The van der Waals surface area contributed by atoms with Crippen molar-refractivity contribution in [2.24, 2.45) is 0 Å². The number of benzene rings is 1. The molecule has 0 fully saturated rings. The first-order chi connectivity index (χ1) is 10.7. The minimum atomic E-state index is -0.0660. The van der Waals surface area contributed by atoms with Crippen LogP contribution in [0.1, 0.15) is 29.5 Å². The molecular formula is C15H19N5O2. The monoisotopic (exact) mass is 301 g/mol. The number of fused-ring (bicyclic) bond motifs is 1. The van der Waals surface area contributed by atoms with Crippen molar-refractivity contribution in [3.05, 3.63) is 41.2 Å². The largest absolute Gasteiger partial charge is 0.371 e. The van der Waals surface area contributed by atoms with Crippen LogP contribution in [-0.2, 0) is 22.5 Å². The highest BCUT2D eigenvalue weighted by atomic mass is 16.5. The molecule has 1 aromatic carbocycles. The van der Waals surface area contributed by atoms with Gasteiger partial charge in [-0.25, -0.2) is 4.68 Å². The molecule has 1 unspecified atom stereocenters. The molecule has 7 heteroatoms. The first-order valence-electron chi connectivity index (χ1n) is 7.43. The molecule has 1 aliphatic heterocycles. The van der Waals surface area contributed by atoms with Gasteiger partial charge in [-0.3, -0.25) is 4.79 Å². The van der Waals surface area contributed by atoms with Gasteiger partial charge in [-0.05, 0) is 34.9 Å². The number of hydrogen-bond donors (Lipinski definition) is 1. The lowest BCUT2D eigenvalue weighted by Crippen LogP contribution is -2.32. The summed E-state index contributed by atoms with van der Waals surface area (Å²) in [5.74, 6) is 0.680. The summed E-state index contributed by atoms with van der Waals surface area (Å²) >= 11 is 0. The quantitative estimate of drug-likeness (QED) is 0.883. The van der Waals surface area contributed by atoms with Crippen LogP contribution < -0.4 is 5.32 Å². The molecule has 1 aromatic heterocycles. The van der Waals surface area contributed by atoms with Crippen molar-refractivity contribution in [2.45, 2.75) is 32.4 Å². The van der Waals surface area contributed by atoms with Crippen LogP contribution in [0.3, 0.4) is 0 Å². The molecule has 1 aliphatic rings. The SMILES string of the molecule is Cc1nnnn1CCC(=O)NCC1OCCc2ccccc21. The predicted octanol–water partition coefficient (Wildman–Crippen LogP) is 0.802. The maximum Gasteiger partial charge on any atom is 0.221 e. The van der Waals surface area contributed by atoms with Crippen molar-refractivity contribution < 1.29 is 9.53 Å². The molecule has 0 saturated heterocycles. The van der Waals surface area contributed by atoms with E-state index >= 15 is 0 Å². The third kappa shape index (κ3) is 3.30. The van der Waals surface area contributed by atoms with Crippen molar-refractivity contribution >= 4 is 5.91 Å². The van der Waals surface area contributed by atoms with Crippen molar-refractivity contribution in [1.29, 1.82) is 0 Å². The molecule has 0 bridgehead atoms. The number of rotatable bonds is 5. The Morgan fingerprint density at radius 2 is 2.32 bits per heavy atom. The Kier molecular flexibility index (Phi) is 4.43. The number of nitrogens with zero attached hydrogens (tertiary/aromatic N) is 4. The highest BCUT2D eigenvalue weighted by Crippen LogP contribution is 2.26. The van der Waals surface area contributed by atoms with Gasteiger partial charge in [-0.2, -0.15) is 0 Å². The molecule has 7 nitrogen and oxygen atoms in total. The molecule has 0 aliphatic carbocycles. The Labute approximate surface area is 128 Å². The zero-order valence-electron chi connectivity index (χ0n) is 12.5. The Bertz CT molecular complexity index is 655. The molecule has 2 aromatic rings. The third-order valence-corrected chi connectivity index (χ3v) is 3.84. The van der Waals surface area contributed by atoms with Gasteiger partial charge in [0.05, 0.1) is 13.2 Å². The van der Waals surface area contributed by atoms with Gasteiger partial charge < -0.3 is 10.1 Å². The molecule has 3 rings (SSSR count). The minimum absolute atomic E-state index is 0.0263. The van der Waals surface area contributed by atoms with Crippen LogP contribution in [0, 0.1) is 6.92 Å². The van der Waals surface area contributed by atoms with Crippen LogP contribution in [0.5, 0.6) is 0 Å². The van der Waals surface area contributed by atoms with E-state index in [4.69, 9.17) is 4.74 Å². The highest BCUT2D eigenvalue weighted by Gasteiger charge is 2.20. The summed E-state index contributed by atoms with van der Waals surface area (Å²) in [6.45, 7) is 3.48. The van der Waals surface area contributed by atoms with Crippen LogP contribution in [-0.4, -0.2) is 39.3 Å². The Balaban J connectivity index is 1.51. The number of tetrazole rings is 1. The summed E-state index contributed by atoms with van der Waals surface area (Å²) < 4.78 is 7.39. The zero-order valence-corrected chi connectivity index (χ0v) is 12.5. The first-order valence-corrected chi connectivity index (χ1v) is 7.43. The van der Waals surface area contributed by atoms with E-state index in [0.717, 1.165) is 6.42 Å². The molecular weight excluding hydrogens is 282 g/mol. The van der Waals surface area contributed by atoms with Crippen LogP contribution in [0.2, 0.25) is 0 Å². The molecule has 0 saturated carbocycles. The molecule has 1 N–H and O–H groups in total. The second-order valence-electron chi connectivity index (χ2n) is 5.31. The zero-order chi connectivity index (χ0) is 15.4. The maximum absolute atomic E-state index is 12.0. The van der Waals surface area contributed by atoms with E-state index in [1.807, 2.05) is 19.1 Å². The number of nitrogens with one attached hydrogen (secondary N) is 1. The van der Waals surface area contributed by atoms with Crippen LogP contribution in [0.25, 0.3) is 0 Å². The molecule has 1 amide bonds. The van der Waals surface area contributed by atoms with Crippen LogP contribution in [0.4, 0.5) is 0 Å². The van der Waals surface area contributed by atoms with Gasteiger partial charge in [0.1, 0.15) is 11.9 Å².